The molecule has 1 aromatic carbocycles. The fourth-order valence-corrected chi connectivity index (χ4v) is 5.45. The van der Waals surface area contributed by atoms with Crippen molar-refractivity contribution in [3.8, 4) is 11.3 Å². The van der Waals surface area contributed by atoms with Gasteiger partial charge in [-0.15, -0.1) is 0 Å². The van der Waals surface area contributed by atoms with Crippen LogP contribution in [0.1, 0.15) is 74.0 Å². The molecule has 2 heterocycles. The minimum Gasteiger partial charge on any atom is -0.481 e. The van der Waals surface area contributed by atoms with Crippen LogP contribution in [0.25, 0.3) is 11.3 Å². The third-order valence-corrected chi connectivity index (χ3v) is 7.35. The predicted molar refractivity (Wildman–Crippen MR) is 129 cm³/mol. The molecule has 2 aromatic rings. The van der Waals surface area contributed by atoms with Gasteiger partial charge < -0.3 is 10.4 Å². The summed E-state index contributed by atoms with van der Waals surface area (Å²) in [5.74, 6) is -4.71. The molecule has 2 atom stereocenters. The first-order valence-corrected chi connectivity index (χ1v) is 12.7. The van der Waals surface area contributed by atoms with Gasteiger partial charge in [0.15, 0.2) is 5.69 Å². The molecule has 2 fully saturated rings. The van der Waals surface area contributed by atoms with Crippen molar-refractivity contribution in [2.45, 2.75) is 82.1 Å². The normalized spacial score (nSPS) is 19.9. The lowest BCUT2D eigenvalue weighted by molar-refractivity contribution is -0.138. The predicted octanol–water partition coefficient (Wildman–Crippen LogP) is 5.38. The molecule has 1 aromatic heterocycles. The van der Waals surface area contributed by atoms with Gasteiger partial charge in [0, 0.05) is 30.6 Å². The van der Waals surface area contributed by atoms with Gasteiger partial charge in [-0.1, -0.05) is 31.0 Å². The highest BCUT2D eigenvalue weighted by atomic mass is 19.4. The second kappa shape index (κ2) is 11.0. The highest BCUT2D eigenvalue weighted by molar-refractivity contribution is 5.94. The summed E-state index contributed by atoms with van der Waals surface area (Å²) in [6, 6.07) is 4.94. The summed E-state index contributed by atoms with van der Waals surface area (Å²) in [6.45, 7) is 1.43. The van der Waals surface area contributed by atoms with Crippen LogP contribution in [0.4, 0.5) is 22.0 Å². The molecular weight excluding hydrogens is 511 g/mol. The third-order valence-electron chi connectivity index (χ3n) is 7.35. The average Bonchev–Trinajstić information content (AvgIpc) is 3.57. The van der Waals surface area contributed by atoms with Crippen LogP contribution in [0.3, 0.4) is 0 Å². The molecular formula is C26H31F5N4O3. The maximum absolute atomic E-state index is 13.8. The van der Waals surface area contributed by atoms with E-state index in [9.17, 15) is 36.6 Å². The maximum atomic E-state index is 13.8. The number of halogens is 5. The van der Waals surface area contributed by atoms with E-state index in [1.54, 1.807) is 11.8 Å². The Kier molecular flexibility index (Phi) is 8.10. The van der Waals surface area contributed by atoms with Crippen molar-refractivity contribution >= 4 is 11.9 Å². The minimum absolute atomic E-state index is 0.0934. The summed E-state index contributed by atoms with van der Waals surface area (Å²) in [7, 11) is 0. The van der Waals surface area contributed by atoms with Gasteiger partial charge in [-0.25, -0.2) is 8.78 Å². The Morgan fingerprint density at radius 1 is 1.21 bits per heavy atom. The summed E-state index contributed by atoms with van der Waals surface area (Å²) in [5.41, 5.74) is -0.896. The van der Waals surface area contributed by atoms with E-state index < -0.39 is 54.6 Å². The minimum atomic E-state index is -4.61. The van der Waals surface area contributed by atoms with Crippen molar-refractivity contribution in [3.05, 3.63) is 41.6 Å². The van der Waals surface area contributed by atoms with Crippen LogP contribution < -0.4 is 5.32 Å². The van der Waals surface area contributed by atoms with Crippen molar-refractivity contribution in [1.29, 1.82) is 0 Å². The number of carboxylic acids is 1. The molecule has 1 amide bonds. The Morgan fingerprint density at radius 2 is 1.89 bits per heavy atom. The average molecular weight is 543 g/mol. The molecule has 0 spiro atoms. The topological polar surface area (TPSA) is 87.5 Å². The van der Waals surface area contributed by atoms with Crippen molar-refractivity contribution in [3.63, 3.8) is 0 Å². The molecule has 208 valence electrons. The Balaban J connectivity index is 1.60. The zero-order chi connectivity index (χ0) is 27.7. The summed E-state index contributed by atoms with van der Waals surface area (Å²) < 4.78 is 70.1. The number of carbonyl (C=O) groups is 2. The number of benzene rings is 1. The van der Waals surface area contributed by atoms with Gasteiger partial charge in [-0.05, 0) is 38.3 Å². The third kappa shape index (κ3) is 6.51. The van der Waals surface area contributed by atoms with E-state index in [1.165, 1.54) is 28.9 Å². The van der Waals surface area contributed by atoms with Gasteiger partial charge in [-0.2, -0.15) is 18.3 Å². The molecule has 12 heteroatoms. The van der Waals surface area contributed by atoms with Gasteiger partial charge in [-0.3, -0.25) is 19.2 Å². The van der Waals surface area contributed by atoms with Crippen LogP contribution in [0.15, 0.2) is 30.3 Å². The first kappa shape index (κ1) is 28.0. The van der Waals surface area contributed by atoms with E-state index in [1.807, 2.05) is 0 Å². The zero-order valence-electron chi connectivity index (χ0n) is 21.0. The van der Waals surface area contributed by atoms with Crippen LogP contribution in [-0.4, -0.2) is 62.8 Å². The molecule has 2 N–H and O–H groups in total. The molecule has 38 heavy (non-hydrogen) atoms. The quantitative estimate of drug-likeness (QED) is 0.416. The van der Waals surface area contributed by atoms with E-state index in [2.05, 4.69) is 10.4 Å². The van der Waals surface area contributed by atoms with E-state index >= 15 is 0 Å². The van der Waals surface area contributed by atoms with E-state index in [4.69, 9.17) is 0 Å². The number of nitrogens with one attached hydrogen (secondary N) is 1. The number of carboxylic acid groups (broad SMARTS) is 1. The lowest BCUT2D eigenvalue weighted by Gasteiger charge is -2.28. The van der Waals surface area contributed by atoms with Gasteiger partial charge >= 0.3 is 12.1 Å². The number of likely N-dealkylation sites (tertiary alicyclic amines) is 1. The second-order valence-electron chi connectivity index (χ2n) is 10.3. The SMILES string of the molecule is CC(CC(CC(=O)O)NC(=O)c1cc(-c2ccccc2C(F)(F)F)n(C2CCCC2)n1)N1CCC(F)(F)C1. The van der Waals surface area contributed by atoms with Gasteiger partial charge in [0.2, 0.25) is 0 Å². The lowest BCUT2D eigenvalue weighted by atomic mass is 10.0. The van der Waals surface area contributed by atoms with Crippen molar-refractivity contribution in [2.24, 2.45) is 0 Å². The second-order valence-corrected chi connectivity index (χ2v) is 10.3. The van der Waals surface area contributed by atoms with Crippen LogP contribution in [0.5, 0.6) is 0 Å². The molecule has 7 nitrogen and oxygen atoms in total. The van der Waals surface area contributed by atoms with Gasteiger partial charge in [0.1, 0.15) is 0 Å². The molecule has 1 aliphatic heterocycles. The molecule has 4 rings (SSSR count). The van der Waals surface area contributed by atoms with Crippen LogP contribution in [0, 0.1) is 0 Å². The Hall–Kier alpha value is -3.02. The number of carbonyl (C=O) groups excluding carboxylic acids is 1. The number of rotatable bonds is 9. The van der Waals surface area contributed by atoms with Crippen molar-refractivity contribution in [1.82, 2.24) is 20.0 Å². The molecule has 0 bridgehead atoms. The smallest absolute Gasteiger partial charge is 0.417 e. The van der Waals surface area contributed by atoms with Crippen LogP contribution >= 0.6 is 0 Å². The summed E-state index contributed by atoms with van der Waals surface area (Å²) in [6.07, 6.45) is -2.02. The van der Waals surface area contributed by atoms with Gasteiger partial charge in [0.05, 0.1) is 30.3 Å². The van der Waals surface area contributed by atoms with Crippen LogP contribution in [-0.2, 0) is 11.0 Å². The van der Waals surface area contributed by atoms with E-state index in [-0.39, 0.29) is 42.4 Å². The number of alkyl halides is 5. The molecule has 1 saturated heterocycles. The first-order valence-electron chi connectivity index (χ1n) is 12.7. The molecule has 0 radical (unpaired) electrons. The monoisotopic (exact) mass is 542 g/mol. The van der Waals surface area contributed by atoms with Crippen molar-refractivity contribution in [2.75, 3.05) is 13.1 Å². The van der Waals surface area contributed by atoms with E-state index in [0.717, 1.165) is 18.9 Å². The largest absolute Gasteiger partial charge is 0.481 e. The Morgan fingerprint density at radius 3 is 2.50 bits per heavy atom. The molecule has 2 aliphatic rings. The number of nitrogens with zero attached hydrogens (tertiary/aromatic N) is 3. The zero-order valence-corrected chi connectivity index (χ0v) is 21.0. The molecule has 2 unspecified atom stereocenters. The fraction of sp³-hybridized carbons (Fsp3) is 0.577. The number of hydrogen-bond acceptors (Lipinski definition) is 4. The van der Waals surface area contributed by atoms with Gasteiger partial charge in [0.25, 0.3) is 11.8 Å². The maximum Gasteiger partial charge on any atom is 0.417 e. The highest BCUT2D eigenvalue weighted by Gasteiger charge is 2.40. The summed E-state index contributed by atoms with van der Waals surface area (Å²) in [5, 5.41) is 16.4. The highest BCUT2D eigenvalue weighted by Crippen LogP contribution is 2.40. The molecule has 1 saturated carbocycles. The number of aliphatic carboxylic acids is 1. The van der Waals surface area contributed by atoms with E-state index in [0.29, 0.717) is 12.8 Å². The number of amides is 1. The molecule has 1 aliphatic carbocycles. The first-order chi connectivity index (χ1) is 17.8. The lowest BCUT2D eigenvalue weighted by Crippen LogP contribution is -2.43. The number of hydrogen-bond donors (Lipinski definition) is 2. The Labute approximate surface area is 217 Å². The van der Waals surface area contributed by atoms with Crippen molar-refractivity contribution < 1.29 is 36.6 Å². The standard InChI is InChI=1S/C26H31F5N4O3/c1-16(34-11-10-25(27,28)15-34)12-17(13-23(36)37)32-24(38)21-14-22(35(33-21)18-6-2-3-7-18)19-8-4-5-9-20(19)26(29,30)31/h4-5,8-9,14,16-18H,2-3,6-7,10-13,15H2,1H3,(H,32,38)(H,36,37). The fourth-order valence-electron chi connectivity index (χ4n) is 5.45. The number of aromatic nitrogens is 2. The Bertz CT molecular complexity index is 1160. The van der Waals surface area contributed by atoms with Crippen LogP contribution in [0.2, 0.25) is 0 Å². The summed E-state index contributed by atoms with van der Waals surface area (Å²) in [4.78, 5) is 26.2. The summed E-state index contributed by atoms with van der Waals surface area (Å²) >= 11 is 0.